The van der Waals surface area contributed by atoms with Gasteiger partial charge in [-0.2, -0.15) is 0 Å². The van der Waals surface area contributed by atoms with Crippen LogP contribution in [0.1, 0.15) is 24.0 Å². The molecule has 1 N–H and O–H groups in total. The molecule has 1 aliphatic heterocycles. The van der Waals surface area contributed by atoms with Crippen molar-refractivity contribution in [1.29, 1.82) is 0 Å². The van der Waals surface area contributed by atoms with Crippen LogP contribution in [-0.4, -0.2) is 31.1 Å². The van der Waals surface area contributed by atoms with Crippen LogP contribution in [0.3, 0.4) is 0 Å². The molecule has 2 atom stereocenters. The predicted octanol–water partition coefficient (Wildman–Crippen LogP) is 1.86. The number of halogens is 1. The molecule has 0 spiro atoms. The molecule has 3 nitrogen and oxygen atoms in total. The van der Waals surface area contributed by atoms with Crippen molar-refractivity contribution in [1.82, 2.24) is 0 Å². The van der Waals surface area contributed by atoms with Crippen LogP contribution in [-0.2, 0) is 16.3 Å². The summed E-state index contributed by atoms with van der Waals surface area (Å²) in [6.45, 7) is 1.88. The fourth-order valence-electron chi connectivity index (χ4n) is 2.64. The summed E-state index contributed by atoms with van der Waals surface area (Å²) in [7, 11) is -2.90. The van der Waals surface area contributed by atoms with E-state index in [9.17, 15) is 17.9 Å². The van der Waals surface area contributed by atoms with Gasteiger partial charge in [-0.3, -0.25) is 0 Å². The molecule has 0 bridgehead atoms. The van der Waals surface area contributed by atoms with E-state index >= 15 is 0 Å². The van der Waals surface area contributed by atoms with E-state index in [2.05, 4.69) is 0 Å². The van der Waals surface area contributed by atoms with Crippen LogP contribution in [0.5, 0.6) is 0 Å². The summed E-state index contributed by atoms with van der Waals surface area (Å²) in [5, 5.41) is 10.0. The summed E-state index contributed by atoms with van der Waals surface area (Å²) in [6, 6.07) is 4.52. The zero-order chi connectivity index (χ0) is 14.0. The van der Waals surface area contributed by atoms with Gasteiger partial charge in [0.25, 0.3) is 0 Å². The van der Waals surface area contributed by atoms with E-state index in [1.807, 2.05) is 6.92 Å². The Morgan fingerprint density at radius 1 is 1.47 bits per heavy atom. The van der Waals surface area contributed by atoms with Crippen molar-refractivity contribution in [2.75, 3.05) is 11.5 Å². The highest BCUT2D eigenvalue weighted by atomic mass is 32.2. The van der Waals surface area contributed by atoms with E-state index in [-0.39, 0.29) is 23.2 Å². The lowest BCUT2D eigenvalue weighted by Crippen LogP contribution is -2.17. The maximum atomic E-state index is 13.1. The Bertz CT molecular complexity index is 554. The van der Waals surface area contributed by atoms with Gasteiger partial charge in [-0.15, -0.1) is 0 Å². The average Bonchev–Trinajstić information content (AvgIpc) is 2.63. The van der Waals surface area contributed by atoms with E-state index in [4.69, 9.17) is 0 Å². The fourth-order valence-corrected chi connectivity index (χ4v) is 4.52. The van der Waals surface area contributed by atoms with Crippen LogP contribution in [0, 0.1) is 18.7 Å². The van der Waals surface area contributed by atoms with Gasteiger partial charge in [-0.05, 0) is 55.4 Å². The highest BCUT2D eigenvalue weighted by molar-refractivity contribution is 7.91. The Kier molecular flexibility index (Phi) is 4.26. The molecule has 5 heteroatoms. The first-order valence-electron chi connectivity index (χ1n) is 6.49. The summed E-state index contributed by atoms with van der Waals surface area (Å²) in [5.74, 6) is 0.125. The molecule has 2 unspecified atom stereocenters. The van der Waals surface area contributed by atoms with Crippen LogP contribution in [0.2, 0.25) is 0 Å². The van der Waals surface area contributed by atoms with Gasteiger partial charge in [0, 0.05) is 0 Å². The van der Waals surface area contributed by atoms with Crippen molar-refractivity contribution in [3.05, 3.63) is 35.1 Å². The van der Waals surface area contributed by atoms with Crippen LogP contribution in [0.15, 0.2) is 18.2 Å². The molecular formula is C14H19FO3S. The van der Waals surface area contributed by atoms with Crippen molar-refractivity contribution >= 4 is 9.84 Å². The van der Waals surface area contributed by atoms with Crippen molar-refractivity contribution in [3.63, 3.8) is 0 Å². The topological polar surface area (TPSA) is 54.4 Å². The van der Waals surface area contributed by atoms with E-state index in [1.54, 1.807) is 6.07 Å². The molecule has 0 amide bonds. The third-order valence-electron chi connectivity index (χ3n) is 3.70. The molecule has 1 saturated heterocycles. The first-order chi connectivity index (χ1) is 8.85. The third-order valence-corrected chi connectivity index (χ3v) is 5.54. The van der Waals surface area contributed by atoms with Gasteiger partial charge in [0.15, 0.2) is 9.84 Å². The number of rotatable bonds is 4. The van der Waals surface area contributed by atoms with Gasteiger partial charge in [-0.1, -0.05) is 6.07 Å². The Morgan fingerprint density at radius 2 is 2.21 bits per heavy atom. The number of sulfone groups is 1. The molecule has 0 radical (unpaired) electrons. The summed E-state index contributed by atoms with van der Waals surface area (Å²) in [4.78, 5) is 0. The fraction of sp³-hybridized carbons (Fsp3) is 0.571. The van der Waals surface area contributed by atoms with Gasteiger partial charge < -0.3 is 5.11 Å². The third kappa shape index (κ3) is 4.01. The Labute approximate surface area is 113 Å². The quantitative estimate of drug-likeness (QED) is 0.919. The summed E-state index contributed by atoms with van der Waals surface area (Å²) in [6.07, 6.45) is 0.857. The van der Waals surface area contributed by atoms with Gasteiger partial charge in [0.2, 0.25) is 0 Å². The smallest absolute Gasteiger partial charge is 0.150 e. The molecule has 1 aromatic carbocycles. The molecule has 19 heavy (non-hydrogen) atoms. The maximum Gasteiger partial charge on any atom is 0.150 e. The zero-order valence-corrected chi connectivity index (χ0v) is 11.8. The number of aryl methyl sites for hydroxylation is 1. The molecule has 0 saturated carbocycles. The lowest BCUT2D eigenvalue weighted by Gasteiger charge is -2.15. The van der Waals surface area contributed by atoms with Gasteiger partial charge in [0.1, 0.15) is 5.82 Å². The molecule has 106 valence electrons. The number of aliphatic hydroxyl groups excluding tert-OH is 1. The number of hydrogen-bond acceptors (Lipinski definition) is 3. The monoisotopic (exact) mass is 286 g/mol. The van der Waals surface area contributed by atoms with Crippen LogP contribution in [0.25, 0.3) is 0 Å². The average molecular weight is 286 g/mol. The largest absolute Gasteiger partial charge is 0.393 e. The Balaban J connectivity index is 1.94. The summed E-state index contributed by atoms with van der Waals surface area (Å²) < 4.78 is 35.8. The lowest BCUT2D eigenvalue weighted by atomic mass is 9.95. The molecular weight excluding hydrogens is 267 g/mol. The van der Waals surface area contributed by atoms with Gasteiger partial charge in [0.05, 0.1) is 17.6 Å². The van der Waals surface area contributed by atoms with Gasteiger partial charge >= 0.3 is 0 Å². The second-order valence-electron chi connectivity index (χ2n) is 5.43. The highest BCUT2D eigenvalue weighted by Gasteiger charge is 2.29. The molecule has 0 aromatic heterocycles. The molecule has 1 fully saturated rings. The lowest BCUT2D eigenvalue weighted by molar-refractivity contribution is 0.146. The molecule has 1 aliphatic rings. The minimum atomic E-state index is -2.90. The molecule has 2 rings (SSSR count). The van der Waals surface area contributed by atoms with E-state index in [1.165, 1.54) is 12.1 Å². The SMILES string of the molecule is Cc1ccc(F)cc1CC(O)CC1CCS(=O)(=O)C1. The van der Waals surface area contributed by atoms with Gasteiger partial charge in [-0.25, -0.2) is 12.8 Å². The second kappa shape index (κ2) is 5.59. The van der Waals surface area contributed by atoms with Crippen molar-refractivity contribution in [2.45, 2.75) is 32.3 Å². The summed E-state index contributed by atoms with van der Waals surface area (Å²) in [5.41, 5.74) is 1.73. The maximum absolute atomic E-state index is 13.1. The van der Waals surface area contributed by atoms with Crippen LogP contribution >= 0.6 is 0 Å². The van der Waals surface area contributed by atoms with Crippen molar-refractivity contribution in [2.24, 2.45) is 5.92 Å². The van der Waals surface area contributed by atoms with E-state index in [0.717, 1.165) is 11.1 Å². The molecule has 1 heterocycles. The normalized spacial score (nSPS) is 23.4. The summed E-state index contributed by atoms with van der Waals surface area (Å²) >= 11 is 0. The predicted molar refractivity (Wildman–Crippen MR) is 72.2 cm³/mol. The zero-order valence-electron chi connectivity index (χ0n) is 11.0. The van der Waals surface area contributed by atoms with Crippen molar-refractivity contribution < 1.29 is 17.9 Å². The Hall–Kier alpha value is -0.940. The number of aliphatic hydroxyl groups is 1. The standard InChI is InChI=1S/C14H19FO3S/c1-10-2-3-13(15)7-12(10)8-14(16)6-11-4-5-19(17,18)9-11/h2-3,7,11,14,16H,4-6,8-9H2,1H3. The van der Waals surface area contributed by atoms with E-state index in [0.29, 0.717) is 19.3 Å². The number of benzene rings is 1. The highest BCUT2D eigenvalue weighted by Crippen LogP contribution is 2.24. The first-order valence-corrected chi connectivity index (χ1v) is 8.31. The Morgan fingerprint density at radius 3 is 2.84 bits per heavy atom. The van der Waals surface area contributed by atoms with Crippen LogP contribution < -0.4 is 0 Å². The van der Waals surface area contributed by atoms with Crippen LogP contribution in [0.4, 0.5) is 4.39 Å². The number of hydrogen-bond donors (Lipinski definition) is 1. The molecule has 1 aromatic rings. The van der Waals surface area contributed by atoms with E-state index < -0.39 is 15.9 Å². The molecule has 0 aliphatic carbocycles. The second-order valence-corrected chi connectivity index (χ2v) is 7.66. The first kappa shape index (κ1) is 14.5. The van der Waals surface area contributed by atoms with Crippen molar-refractivity contribution in [3.8, 4) is 0 Å². The minimum absolute atomic E-state index is 0.0360. The minimum Gasteiger partial charge on any atom is -0.393 e.